The lowest BCUT2D eigenvalue weighted by molar-refractivity contribution is -0.116. The number of halogens is 3. The van der Waals surface area contributed by atoms with E-state index in [1.54, 1.807) is 30.3 Å². The minimum atomic E-state index is -0.494. The number of carbonyl (C=O) groups is 1. The minimum absolute atomic E-state index is 0.0567. The monoisotopic (exact) mass is 307 g/mol. The van der Waals surface area contributed by atoms with E-state index in [0.717, 1.165) is 5.56 Å². The Hall–Kier alpha value is -1.71. The molecule has 1 aliphatic heterocycles. The van der Waals surface area contributed by atoms with E-state index >= 15 is 0 Å². The minimum Gasteiger partial charge on any atom is -0.272 e. The van der Waals surface area contributed by atoms with E-state index in [2.05, 4.69) is 4.99 Å². The Balaban J connectivity index is 2.20. The van der Waals surface area contributed by atoms with Gasteiger partial charge in [0, 0.05) is 10.6 Å². The van der Waals surface area contributed by atoms with Crippen LogP contribution in [0.4, 0.5) is 4.39 Å². The molecule has 3 rings (SSSR count). The normalized spacial score (nSPS) is 14.3. The maximum Gasteiger partial charge on any atom is 0.250 e. The maximum atomic E-state index is 13.9. The Morgan fingerprint density at radius 1 is 1.20 bits per heavy atom. The molecular formula is C15H8Cl2FNO. The van der Waals surface area contributed by atoms with E-state index in [1.807, 2.05) is 0 Å². The summed E-state index contributed by atoms with van der Waals surface area (Å²) in [6.45, 7) is 0. The van der Waals surface area contributed by atoms with Crippen molar-refractivity contribution < 1.29 is 9.18 Å². The number of hydrogen-bond acceptors (Lipinski definition) is 1. The zero-order chi connectivity index (χ0) is 14.3. The number of nitrogens with zero attached hydrogens (tertiary/aromatic N) is 1. The summed E-state index contributed by atoms with van der Waals surface area (Å²) >= 11 is 11.9. The Kier molecular flexibility index (Phi) is 3.32. The van der Waals surface area contributed by atoms with Crippen molar-refractivity contribution >= 4 is 35.2 Å². The number of benzene rings is 2. The lowest BCUT2D eigenvalue weighted by Gasteiger charge is -2.00. The largest absolute Gasteiger partial charge is 0.272 e. The number of rotatable bonds is 1. The summed E-state index contributed by atoms with van der Waals surface area (Å²) in [6, 6.07) is 8.14. The van der Waals surface area contributed by atoms with Crippen molar-refractivity contribution in [3.05, 3.63) is 67.9 Å². The van der Waals surface area contributed by atoms with Gasteiger partial charge >= 0.3 is 0 Å². The Bertz CT molecular complexity index is 846. The highest BCUT2D eigenvalue weighted by Gasteiger charge is 2.13. The van der Waals surface area contributed by atoms with Crippen molar-refractivity contribution in [3.8, 4) is 0 Å². The van der Waals surface area contributed by atoms with Crippen LogP contribution in [0.2, 0.25) is 10.0 Å². The third-order valence-electron chi connectivity index (χ3n) is 3.08. The third kappa shape index (κ3) is 2.35. The molecule has 100 valence electrons. The first-order valence-corrected chi connectivity index (χ1v) is 6.66. The maximum absolute atomic E-state index is 13.9. The van der Waals surface area contributed by atoms with Gasteiger partial charge in [-0.2, -0.15) is 0 Å². The van der Waals surface area contributed by atoms with Crippen LogP contribution in [-0.4, -0.2) is 5.91 Å². The quantitative estimate of drug-likeness (QED) is 0.796. The molecule has 0 spiro atoms. The smallest absolute Gasteiger partial charge is 0.250 e. The third-order valence-corrected chi connectivity index (χ3v) is 3.70. The first-order valence-electron chi connectivity index (χ1n) is 5.90. The zero-order valence-electron chi connectivity index (χ0n) is 10.2. The highest BCUT2D eigenvalue weighted by Crippen LogP contribution is 2.18. The van der Waals surface area contributed by atoms with Crippen LogP contribution in [0.3, 0.4) is 0 Å². The molecular weight excluding hydrogens is 300 g/mol. The SMILES string of the molecule is O=C1Cc2cc(=Cc3cccc(Cl)c3F)c(Cl)cc2=N1. The van der Waals surface area contributed by atoms with Crippen molar-refractivity contribution in [3.63, 3.8) is 0 Å². The predicted molar refractivity (Wildman–Crippen MR) is 75.9 cm³/mol. The molecule has 0 saturated heterocycles. The van der Waals surface area contributed by atoms with Crippen LogP contribution in [0.1, 0.15) is 11.1 Å². The van der Waals surface area contributed by atoms with Gasteiger partial charge in [-0.1, -0.05) is 35.3 Å². The van der Waals surface area contributed by atoms with Gasteiger partial charge in [-0.15, -0.1) is 0 Å². The van der Waals surface area contributed by atoms with Crippen LogP contribution in [0.25, 0.3) is 6.08 Å². The van der Waals surface area contributed by atoms with Crippen LogP contribution in [0, 0.1) is 5.82 Å². The summed E-state index contributed by atoms with van der Waals surface area (Å²) in [6.07, 6.45) is 1.86. The summed E-state index contributed by atoms with van der Waals surface area (Å²) in [5.41, 5.74) is 1.15. The van der Waals surface area contributed by atoms with Crippen molar-refractivity contribution in [2.24, 2.45) is 4.99 Å². The second-order valence-electron chi connectivity index (χ2n) is 4.47. The van der Waals surface area contributed by atoms with Crippen molar-refractivity contribution in [1.29, 1.82) is 0 Å². The summed E-state index contributed by atoms with van der Waals surface area (Å²) in [4.78, 5) is 15.1. The molecule has 0 aliphatic carbocycles. The van der Waals surface area contributed by atoms with Crippen LogP contribution < -0.4 is 10.6 Å². The molecule has 1 aliphatic rings. The molecule has 5 heteroatoms. The van der Waals surface area contributed by atoms with Gasteiger partial charge in [0.25, 0.3) is 5.91 Å². The Morgan fingerprint density at radius 2 is 2.00 bits per heavy atom. The highest BCUT2D eigenvalue weighted by atomic mass is 35.5. The van der Waals surface area contributed by atoms with Crippen LogP contribution in [-0.2, 0) is 11.2 Å². The molecule has 20 heavy (non-hydrogen) atoms. The Morgan fingerprint density at radius 3 is 2.80 bits per heavy atom. The van der Waals surface area contributed by atoms with E-state index < -0.39 is 5.82 Å². The summed E-state index contributed by atoms with van der Waals surface area (Å²) < 4.78 is 13.9. The number of amides is 1. The first-order chi connectivity index (χ1) is 9.54. The van der Waals surface area contributed by atoms with Gasteiger partial charge in [0.2, 0.25) is 0 Å². The molecule has 1 heterocycles. The predicted octanol–water partition coefficient (Wildman–Crippen LogP) is 2.66. The Labute approximate surface area is 124 Å². The fourth-order valence-corrected chi connectivity index (χ4v) is 2.51. The molecule has 2 aromatic rings. The van der Waals surface area contributed by atoms with E-state index in [1.165, 1.54) is 6.07 Å². The number of hydrogen-bond donors (Lipinski definition) is 0. The summed E-state index contributed by atoms with van der Waals surface area (Å²) in [5.74, 6) is -0.686. The van der Waals surface area contributed by atoms with Gasteiger partial charge in [0.15, 0.2) is 0 Å². The fourth-order valence-electron chi connectivity index (χ4n) is 2.12. The molecule has 2 aromatic carbocycles. The van der Waals surface area contributed by atoms with Crippen molar-refractivity contribution in [2.45, 2.75) is 6.42 Å². The standard InChI is InChI=1S/C15H8Cl2FNO/c16-11-3-1-2-8(15(11)18)4-9-5-10-6-14(20)19-13(10)7-12(9)17/h1-5,7H,6H2. The zero-order valence-corrected chi connectivity index (χ0v) is 11.7. The van der Waals surface area contributed by atoms with E-state index in [4.69, 9.17) is 23.2 Å². The molecule has 0 fully saturated rings. The molecule has 0 bridgehead atoms. The molecule has 2 nitrogen and oxygen atoms in total. The lowest BCUT2D eigenvalue weighted by atomic mass is 10.1. The lowest BCUT2D eigenvalue weighted by Crippen LogP contribution is -2.13. The molecule has 0 N–H and O–H groups in total. The molecule has 0 saturated carbocycles. The van der Waals surface area contributed by atoms with Crippen LogP contribution in [0.5, 0.6) is 0 Å². The average Bonchev–Trinajstić information content (AvgIpc) is 2.74. The van der Waals surface area contributed by atoms with Gasteiger partial charge in [0.1, 0.15) is 5.82 Å². The topological polar surface area (TPSA) is 29.4 Å². The molecule has 0 atom stereocenters. The molecule has 0 unspecified atom stereocenters. The van der Waals surface area contributed by atoms with Crippen molar-refractivity contribution in [1.82, 2.24) is 0 Å². The van der Waals surface area contributed by atoms with Gasteiger partial charge in [-0.25, -0.2) is 9.38 Å². The van der Waals surface area contributed by atoms with Crippen LogP contribution in [0.15, 0.2) is 35.3 Å². The van der Waals surface area contributed by atoms with Gasteiger partial charge in [-0.3, -0.25) is 4.79 Å². The fraction of sp³-hybridized carbons (Fsp3) is 0.0667. The average molecular weight is 308 g/mol. The van der Waals surface area contributed by atoms with E-state index in [-0.39, 0.29) is 17.4 Å². The van der Waals surface area contributed by atoms with Crippen LogP contribution >= 0.6 is 23.2 Å². The van der Waals surface area contributed by atoms with E-state index in [0.29, 0.717) is 21.2 Å². The van der Waals surface area contributed by atoms with Gasteiger partial charge < -0.3 is 0 Å². The molecule has 0 radical (unpaired) electrons. The molecule has 0 aromatic heterocycles. The summed E-state index contributed by atoms with van der Waals surface area (Å²) in [7, 11) is 0. The second kappa shape index (κ2) is 5.00. The summed E-state index contributed by atoms with van der Waals surface area (Å²) in [5, 5.41) is 1.70. The number of fused-ring (bicyclic) bond motifs is 1. The van der Waals surface area contributed by atoms with Gasteiger partial charge in [0.05, 0.1) is 16.8 Å². The first kappa shape index (κ1) is 13.3. The second-order valence-corrected chi connectivity index (χ2v) is 5.29. The van der Waals surface area contributed by atoms with Gasteiger partial charge in [-0.05, 0) is 35.1 Å². The molecule has 1 amide bonds. The van der Waals surface area contributed by atoms with Crippen molar-refractivity contribution in [2.75, 3.05) is 0 Å². The van der Waals surface area contributed by atoms with E-state index in [9.17, 15) is 9.18 Å². The number of carbonyl (C=O) groups excluding carboxylic acids is 1. The highest BCUT2D eigenvalue weighted by molar-refractivity contribution is 6.31.